The van der Waals surface area contributed by atoms with Crippen LogP contribution in [-0.4, -0.2) is 26.7 Å². The molecule has 4 unspecified atom stereocenters. The topological polar surface area (TPSA) is 36.9 Å². The molecule has 16 aromatic carbocycles. The number of hydrogen-bond acceptors (Lipinski definition) is 4. The van der Waals surface area contributed by atoms with E-state index in [1.54, 1.807) is 0 Å². The summed E-state index contributed by atoms with van der Waals surface area (Å²) < 4.78 is 25.9. The molecular weight excluding hydrogens is 1780 g/mol. The van der Waals surface area contributed by atoms with Gasteiger partial charge in [-0.2, -0.15) is 0 Å². The lowest BCUT2D eigenvalue weighted by atomic mass is 9.80. The van der Waals surface area contributed by atoms with Crippen LogP contribution >= 0.6 is 66.0 Å². The molecule has 0 heterocycles. The van der Waals surface area contributed by atoms with Crippen molar-refractivity contribution in [1.82, 2.24) is 0 Å². The molecule has 0 aliphatic heterocycles. The molecule has 16 aromatic rings. The average Bonchev–Trinajstić information content (AvgIpc) is 0.781. The highest BCUT2D eigenvalue weighted by Gasteiger charge is 2.30. The third-order valence-corrected chi connectivity index (χ3v) is 38.2. The van der Waals surface area contributed by atoms with Gasteiger partial charge in [-0.15, -0.1) is 0 Å². The zero-order valence-electron chi connectivity index (χ0n) is 81.6. The molecule has 0 spiro atoms. The molecule has 0 radical (unpaired) electrons. The predicted molar refractivity (Wildman–Crippen MR) is 604 cm³/mol. The number of rotatable bonds is 28. The Morgan fingerprint density at radius 3 is 0.851 bits per heavy atom. The third kappa shape index (κ3) is 28.0. The minimum Gasteiger partial charge on any atom is -0.488 e. The van der Waals surface area contributed by atoms with Gasteiger partial charge in [0.05, 0.1) is 0 Å². The lowest BCUT2D eigenvalue weighted by molar-refractivity contribution is 0.300. The van der Waals surface area contributed by atoms with Crippen molar-refractivity contribution in [2.24, 2.45) is 0 Å². The van der Waals surface area contributed by atoms with E-state index in [2.05, 4.69) is 494 Å². The molecule has 0 fully saturated rings. The van der Waals surface area contributed by atoms with E-state index < -0.39 is 15.8 Å². The maximum Gasteiger partial charge on any atom is 0.131 e. The summed E-state index contributed by atoms with van der Waals surface area (Å²) in [4.78, 5) is 0. The number of hydrogen-bond donors (Lipinski definition) is 0. The number of ether oxygens (including phenoxy) is 4. The summed E-state index contributed by atoms with van der Waals surface area (Å²) in [6.45, 7) is 45.8. The molecule has 684 valence electrons. The van der Waals surface area contributed by atoms with Crippen LogP contribution in [0.25, 0.3) is 0 Å². The maximum absolute atomic E-state index is 6.67. The molecule has 0 aromatic heterocycles. The van der Waals surface area contributed by atoms with Crippen LogP contribution in [-0.2, 0) is 42.7 Å². The summed E-state index contributed by atoms with van der Waals surface area (Å²) in [7, 11) is 0.526. The highest BCUT2D eigenvalue weighted by molar-refractivity contribution is 7.82. The molecule has 4 atom stereocenters. The smallest absolute Gasteiger partial charge is 0.131 e. The van der Waals surface area contributed by atoms with Gasteiger partial charge in [0, 0.05) is 26.8 Å². The molecule has 0 amide bonds. The fourth-order valence-electron chi connectivity index (χ4n) is 16.0. The van der Waals surface area contributed by atoms with Gasteiger partial charge in [0.25, 0.3) is 0 Å². The van der Waals surface area contributed by atoms with Crippen molar-refractivity contribution in [1.29, 1.82) is 0 Å². The number of para-hydroxylation sites is 2. The second-order valence-corrected chi connectivity index (χ2v) is 51.6. The van der Waals surface area contributed by atoms with Gasteiger partial charge in [-0.25, -0.2) is 0 Å². The molecule has 0 N–H and O–H groups in total. The van der Waals surface area contributed by atoms with Crippen molar-refractivity contribution in [3.8, 4) is 23.0 Å². The molecule has 0 aliphatic carbocycles. The Bertz CT molecular complexity index is 6360. The fourth-order valence-corrected chi connectivity index (χ4v) is 30.8. The maximum atomic E-state index is 6.67. The largest absolute Gasteiger partial charge is 0.488 e. The van der Waals surface area contributed by atoms with E-state index in [-0.39, 0.29) is 32.1 Å². The second kappa shape index (κ2) is 48.8. The van der Waals surface area contributed by atoms with Crippen molar-refractivity contribution in [2.45, 2.75) is 147 Å². The van der Waals surface area contributed by atoms with Gasteiger partial charge in [0.15, 0.2) is 0 Å². The van der Waals surface area contributed by atoms with Gasteiger partial charge < -0.3 is 18.9 Å². The summed E-state index contributed by atoms with van der Waals surface area (Å²) in [6, 6.07) is 137. The monoisotopic (exact) mass is 1910 g/mol. The lowest BCUT2D eigenvalue weighted by Crippen LogP contribution is -2.31. The standard InChI is InChI=1S/C33H30OP2.C32H28OP2.C30H40OP2.C27H34OP2/c1-25-14-12-22-30(32(25)34-24-27-16-6-3-7-17-27)35-33-26(2)15-13-23-31(33)36(28-18-8-4-9-19-28)29-20-10-5-11-21-29;1-25-14-13-23-31(35(27-17-7-3-8-18-27)28-19-9-4-10-20-28)32(25)34-30-22-12-11-21-29(30)33-24-26-15-5-2-6-16-26;1-21-14-13-17-26(33(8)9)28(21)32-25-19-23(29(2,3)4)18-24(30(5,6)7)27(25)31-20-22-15-11-10-12-16-22;1-19-12-11-15-24(30(6)7)26(19)29-23-17-22(27(3,4)5)16-20(2)25(23)28-18-21-13-9-8-10-14-21/h3-23,35H,24H2,1-2H3;2-23,34H,24H2,1H3;10-19,32H,20H2,1-9H3;8-17,29H,18H2,1-7H3. The van der Waals surface area contributed by atoms with Crippen LogP contribution in [0.2, 0.25) is 0 Å². The van der Waals surface area contributed by atoms with Crippen molar-refractivity contribution in [3.05, 3.63) is 455 Å². The number of benzene rings is 16. The minimum absolute atomic E-state index is 0.0107. The molecule has 4 nitrogen and oxygen atoms in total. The van der Waals surface area contributed by atoms with E-state index >= 15 is 0 Å². The predicted octanol–water partition coefficient (Wildman–Crippen LogP) is 25.6. The van der Waals surface area contributed by atoms with Gasteiger partial charge in [-0.1, -0.05) is 476 Å². The van der Waals surface area contributed by atoms with E-state index in [1.807, 2.05) is 18.2 Å². The lowest BCUT2D eigenvalue weighted by Gasteiger charge is -2.30. The van der Waals surface area contributed by atoms with E-state index in [4.69, 9.17) is 18.9 Å². The molecule has 0 bridgehead atoms. The first kappa shape index (κ1) is 102. The zero-order valence-corrected chi connectivity index (χ0v) is 89.2. The second-order valence-electron chi connectivity index (χ2n) is 37.5. The van der Waals surface area contributed by atoms with Gasteiger partial charge in [-0.3, -0.25) is 0 Å². The van der Waals surface area contributed by atoms with Crippen LogP contribution in [0.5, 0.6) is 23.0 Å². The fraction of sp³-hybridized carbons (Fsp3) is 0.213. The summed E-state index contributed by atoms with van der Waals surface area (Å²) in [6.07, 6.45) is 0. The Hall–Kier alpha value is -9.84. The summed E-state index contributed by atoms with van der Waals surface area (Å²) in [5, 5.41) is 22.3. The molecular formula is C122H132O4P8. The summed E-state index contributed by atoms with van der Waals surface area (Å²) in [5.74, 6) is 4.10. The normalized spacial score (nSPS) is 11.8. The van der Waals surface area contributed by atoms with Gasteiger partial charge >= 0.3 is 0 Å². The average molecular weight is 1910 g/mol. The van der Waals surface area contributed by atoms with Crippen molar-refractivity contribution in [2.75, 3.05) is 26.7 Å². The highest BCUT2D eigenvalue weighted by Crippen LogP contribution is 2.42. The Morgan fingerprint density at radius 1 is 0.224 bits per heavy atom. The van der Waals surface area contributed by atoms with Crippen LogP contribution < -0.4 is 104 Å². The molecule has 0 aliphatic rings. The Morgan fingerprint density at radius 2 is 0.493 bits per heavy atom. The van der Waals surface area contributed by atoms with Crippen LogP contribution in [0.4, 0.5) is 0 Å². The first-order chi connectivity index (χ1) is 64.5. The van der Waals surface area contributed by atoms with E-state index in [0.717, 1.165) is 23.0 Å². The third-order valence-electron chi connectivity index (χ3n) is 23.5. The van der Waals surface area contributed by atoms with E-state index in [0.29, 0.717) is 60.8 Å². The van der Waals surface area contributed by atoms with Crippen molar-refractivity contribution < 1.29 is 18.9 Å². The van der Waals surface area contributed by atoms with Crippen LogP contribution in [0.1, 0.15) is 135 Å². The first-order valence-corrected chi connectivity index (χ1v) is 57.5. The van der Waals surface area contributed by atoms with Gasteiger partial charge in [0.1, 0.15) is 49.4 Å². The summed E-state index contributed by atoms with van der Waals surface area (Å²) in [5.41, 5.74) is 16.8. The van der Waals surface area contributed by atoms with Crippen molar-refractivity contribution in [3.63, 3.8) is 0 Å². The van der Waals surface area contributed by atoms with Gasteiger partial charge in [-0.05, 0) is 249 Å². The first-order valence-electron chi connectivity index (χ1n) is 46.4. The molecule has 0 saturated heterocycles. The Kier molecular flexibility index (Phi) is 37.0. The van der Waals surface area contributed by atoms with E-state index in [9.17, 15) is 0 Å². The molecule has 134 heavy (non-hydrogen) atoms. The SMILES string of the molecule is Cc1cc(C(C)(C)C)cc(Pc2c(C)cccc2P(C)C)c1OCc1ccccc1.Cc1cccc(P(C)C)c1Pc1cc(C(C)(C)C)cc(C(C)(C)C)c1OCc1ccccc1.Cc1cccc(P(c2ccccc2)c2ccccc2)c1Pc1ccccc1OCc1ccccc1.Cc1cccc(Pc2c(C)cccc2P(c2ccccc2)c2ccccc2)c1OCc1ccccc1. The van der Waals surface area contributed by atoms with Crippen LogP contribution in [0.3, 0.4) is 0 Å². The quantitative estimate of drug-likeness (QED) is 0.0458. The molecule has 0 saturated carbocycles. The van der Waals surface area contributed by atoms with Crippen LogP contribution in [0.15, 0.2) is 382 Å². The van der Waals surface area contributed by atoms with Crippen molar-refractivity contribution >= 4 is 151 Å². The minimum atomic E-state index is -0.674. The Labute approximate surface area is 814 Å². The number of aryl methyl sites for hydroxylation is 6. The Balaban J connectivity index is 0.000000152. The van der Waals surface area contributed by atoms with E-state index in [1.165, 1.54) is 157 Å². The summed E-state index contributed by atoms with van der Waals surface area (Å²) >= 11 is 0. The van der Waals surface area contributed by atoms with Gasteiger partial charge in [0.2, 0.25) is 0 Å². The molecule has 16 rings (SSSR count). The van der Waals surface area contributed by atoms with Crippen LogP contribution in [0, 0.1) is 41.5 Å². The highest BCUT2D eigenvalue weighted by atomic mass is 31.1. The zero-order chi connectivity index (χ0) is 94.9. The molecule has 12 heteroatoms.